The van der Waals surface area contributed by atoms with Crippen molar-refractivity contribution in [3.05, 3.63) is 67.6 Å². The molecule has 0 radical (unpaired) electrons. The van der Waals surface area contributed by atoms with E-state index in [0.29, 0.717) is 5.56 Å². The van der Waals surface area contributed by atoms with E-state index in [1.807, 2.05) is 0 Å². The van der Waals surface area contributed by atoms with Crippen LogP contribution < -0.4 is 0 Å². The molecule has 0 aliphatic rings. The first kappa shape index (κ1) is 16.7. The Kier molecular flexibility index (Phi) is 5.64. The predicted molar refractivity (Wildman–Crippen MR) is 86.9 cm³/mol. The second-order valence-electron chi connectivity index (χ2n) is 3.98. The van der Waals surface area contributed by atoms with Crippen LogP contribution in [0.1, 0.15) is 21.5 Å². The van der Waals surface area contributed by atoms with E-state index in [0.717, 1.165) is 0 Å². The molecule has 1 unspecified atom stereocenters. The Morgan fingerprint density at radius 3 is 2.19 bits per heavy atom. The Hall–Kier alpha value is -0.640. The molecule has 0 aromatic heterocycles. The van der Waals surface area contributed by atoms with Crippen molar-refractivity contribution in [2.45, 2.75) is 5.56 Å². The second-order valence-corrected chi connectivity index (χ2v) is 5.91. The van der Waals surface area contributed by atoms with E-state index in [-0.39, 0.29) is 25.7 Å². The highest BCUT2D eigenvalue weighted by molar-refractivity contribution is 6.52. The van der Waals surface area contributed by atoms with Gasteiger partial charge in [-0.1, -0.05) is 76.2 Å². The van der Waals surface area contributed by atoms with Crippen LogP contribution in [0, 0.1) is 0 Å². The van der Waals surface area contributed by atoms with Gasteiger partial charge in [0, 0.05) is 5.56 Å². The zero-order chi connectivity index (χ0) is 15.6. The van der Waals surface area contributed by atoms with Crippen LogP contribution in [0.25, 0.3) is 0 Å². The van der Waals surface area contributed by atoms with Gasteiger partial charge < -0.3 is 4.74 Å². The summed E-state index contributed by atoms with van der Waals surface area (Å²) in [7, 11) is 0. The minimum Gasteiger partial charge on any atom is -0.438 e. The Balaban J connectivity index is 2.25. The molecule has 0 heterocycles. The zero-order valence-corrected chi connectivity index (χ0v) is 14.0. The van der Waals surface area contributed by atoms with Gasteiger partial charge in [-0.05, 0) is 18.2 Å². The predicted octanol–water partition coefficient (Wildman–Crippen LogP) is 6.39. The van der Waals surface area contributed by atoms with Crippen molar-refractivity contribution < 1.29 is 9.53 Å². The molecule has 0 aliphatic heterocycles. The van der Waals surface area contributed by atoms with Gasteiger partial charge >= 0.3 is 5.97 Å². The van der Waals surface area contributed by atoms with Crippen LogP contribution in [0.15, 0.2) is 36.4 Å². The van der Waals surface area contributed by atoms with Gasteiger partial charge in [-0.15, -0.1) is 0 Å². The maximum atomic E-state index is 11.9. The summed E-state index contributed by atoms with van der Waals surface area (Å²) in [6.07, 6.45) is 0. The smallest absolute Gasteiger partial charge is 0.339 e. The van der Waals surface area contributed by atoms with Crippen LogP contribution in [-0.4, -0.2) is 5.97 Å². The maximum absolute atomic E-state index is 11.9. The summed E-state index contributed by atoms with van der Waals surface area (Å²) < 4.78 is 5.13. The molecule has 0 bridgehead atoms. The molecule has 2 aromatic carbocycles. The van der Waals surface area contributed by atoms with E-state index in [4.69, 9.17) is 62.7 Å². The molecule has 1 atom stereocenters. The summed E-state index contributed by atoms with van der Waals surface area (Å²) in [5, 5.41) is 0.432. The first-order chi connectivity index (χ1) is 9.91. The minimum atomic E-state index is -1.14. The molecule has 0 saturated carbocycles. The zero-order valence-electron chi connectivity index (χ0n) is 10.2. The van der Waals surface area contributed by atoms with Crippen LogP contribution in [0.3, 0.4) is 0 Å². The number of alkyl halides is 1. The third-order valence-electron chi connectivity index (χ3n) is 2.60. The van der Waals surface area contributed by atoms with Gasteiger partial charge in [0.05, 0.1) is 25.7 Å². The summed E-state index contributed by atoms with van der Waals surface area (Å²) >= 11 is 29.8. The summed E-state index contributed by atoms with van der Waals surface area (Å²) in [5.74, 6) is -0.589. The Bertz CT molecular complexity index is 673. The lowest BCUT2D eigenvalue weighted by Gasteiger charge is -2.15. The molecule has 2 rings (SSSR count). The Morgan fingerprint density at radius 2 is 1.57 bits per heavy atom. The number of halogens is 5. The topological polar surface area (TPSA) is 26.3 Å². The van der Waals surface area contributed by atoms with Crippen molar-refractivity contribution in [2.24, 2.45) is 0 Å². The first-order valence-corrected chi connectivity index (χ1v) is 7.59. The van der Waals surface area contributed by atoms with Gasteiger partial charge in [0.2, 0.25) is 5.56 Å². The van der Waals surface area contributed by atoms with Crippen molar-refractivity contribution in [1.29, 1.82) is 0 Å². The molecular formula is C14H7Cl5O2. The number of esters is 1. The van der Waals surface area contributed by atoms with Crippen molar-refractivity contribution in [3.8, 4) is 0 Å². The van der Waals surface area contributed by atoms with Crippen LogP contribution in [0.2, 0.25) is 20.1 Å². The molecule has 110 valence electrons. The molecule has 2 nitrogen and oxygen atoms in total. The maximum Gasteiger partial charge on any atom is 0.339 e. The van der Waals surface area contributed by atoms with Crippen molar-refractivity contribution in [1.82, 2.24) is 0 Å². The minimum absolute atomic E-state index is 0.0576. The average molecular weight is 384 g/mol. The Morgan fingerprint density at radius 1 is 0.952 bits per heavy atom. The van der Waals surface area contributed by atoms with E-state index in [1.54, 1.807) is 30.3 Å². The molecular weight excluding hydrogens is 377 g/mol. The number of rotatable bonds is 3. The molecule has 21 heavy (non-hydrogen) atoms. The first-order valence-electron chi connectivity index (χ1n) is 5.64. The van der Waals surface area contributed by atoms with Crippen LogP contribution in [0.5, 0.6) is 0 Å². The fourth-order valence-electron chi connectivity index (χ4n) is 1.56. The van der Waals surface area contributed by atoms with Gasteiger partial charge in [-0.2, -0.15) is 0 Å². The largest absolute Gasteiger partial charge is 0.438 e. The van der Waals surface area contributed by atoms with Gasteiger partial charge in [-0.25, -0.2) is 4.79 Å². The molecule has 7 heteroatoms. The van der Waals surface area contributed by atoms with Crippen LogP contribution in [0.4, 0.5) is 0 Å². The highest BCUT2D eigenvalue weighted by Gasteiger charge is 2.22. The van der Waals surface area contributed by atoms with Gasteiger partial charge in [-0.3, -0.25) is 0 Å². The summed E-state index contributed by atoms with van der Waals surface area (Å²) in [6, 6.07) is 9.83. The number of carbonyl (C=O) groups excluding carboxylic acids is 1. The summed E-state index contributed by atoms with van der Waals surface area (Å²) in [4.78, 5) is 11.9. The van der Waals surface area contributed by atoms with Gasteiger partial charge in [0.25, 0.3) is 0 Å². The summed E-state index contributed by atoms with van der Waals surface area (Å²) in [6.45, 7) is 0. The normalized spacial score (nSPS) is 12.0. The number of carbonyl (C=O) groups is 1. The van der Waals surface area contributed by atoms with Crippen molar-refractivity contribution >= 4 is 64.0 Å². The van der Waals surface area contributed by atoms with E-state index < -0.39 is 11.5 Å². The van der Waals surface area contributed by atoms with Gasteiger partial charge in [0.15, 0.2) is 0 Å². The molecule has 0 N–H and O–H groups in total. The third kappa shape index (κ3) is 3.77. The van der Waals surface area contributed by atoms with E-state index in [2.05, 4.69) is 0 Å². The quantitative estimate of drug-likeness (QED) is 0.265. The van der Waals surface area contributed by atoms with E-state index in [9.17, 15) is 4.79 Å². The average Bonchev–Trinajstić information content (AvgIpc) is 2.49. The lowest BCUT2D eigenvalue weighted by molar-refractivity contribution is 0.0446. The molecule has 0 aliphatic carbocycles. The molecule has 0 spiro atoms. The molecule has 0 fully saturated rings. The SMILES string of the molecule is O=C(OC(Cl)c1cc(Cl)c(Cl)c(Cl)c1Cl)c1ccccc1. The third-order valence-corrected chi connectivity index (χ3v) is 4.69. The highest BCUT2D eigenvalue weighted by Crippen LogP contribution is 2.42. The lowest BCUT2D eigenvalue weighted by atomic mass is 10.2. The number of hydrogen-bond donors (Lipinski definition) is 0. The summed E-state index contributed by atoms with van der Waals surface area (Å²) in [5.41, 5.74) is -0.509. The highest BCUT2D eigenvalue weighted by atomic mass is 35.5. The Labute approximate surface area is 146 Å². The number of benzene rings is 2. The molecule has 2 aromatic rings. The molecule has 0 amide bonds. The van der Waals surface area contributed by atoms with E-state index >= 15 is 0 Å². The van der Waals surface area contributed by atoms with E-state index in [1.165, 1.54) is 6.07 Å². The van der Waals surface area contributed by atoms with Crippen LogP contribution >= 0.6 is 58.0 Å². The number of ether oxygens (including phenoxy) is 1. The monoisotopic (exact) mass is 382 g/mol. The number of hydrogen-bond acceptors (Lipinski definition) is 2. The van der Waals surface area contributed by atoms with Gasteiger partial charge in [0.1, 0.15) is 0 Å². The van der Waals surface area contributed by atoms with Crippen molar-refractivity contribution in [2.75, 3.05) is 0 Å². The second kappa shape index (κ2) is 7.08. The standard InChI is InChI=1S/C14H7Cl5O2/c15-9-6-8(10(16)12(18)11(9)17)13(19)21-14(20)7-4-2-1-3-5-7/h1-6,13H. The van der Waals surface area contributed by atoms with Crippen LogP contribution in [-0.2, 0) is 4.74 Å². The fraction of sp³-hybridized carbons (Fsp3) is 0.0714. The van der Waals surface area contributed by atoms with Crippen molar-refractivity contribution in [3.63, 3.8) is 0 Å². The molecule has 0 saturated heterocycles. The fourth-order valence-corrected chi connectivity index (χ4v) is 2.78. The lowest BCUT2D eigenvalue weighted by Crippen LogP contribution is -2.08.